The van der Waals surface area contributed by atoms with Crippen molar-refractivity contribution in [1.82, 2.24) is 19.9 Å². The SMILES string of the molecule is CO[C@@H]1[C@@H](n2cc(-c3ccc(Cl)c(F)c3)nn2)[C@@H](O)[C@@H](CO)O[C@@H]1CC1CC(C2CCN(C(=O)OC(C)(C)C)CC2)=NO1. The Morgan fingerprint density at radius 3 is 2.63 bits per heavy atom. The molecule has 2 N–H and O–H groups in total. The molecule has 3 aliphatic rings. The number of amides is 1. The smallest absolute Gasteiger partial charge is 0.410 e. The molecule has 1 amide bonds. The summed E-state index contributed by atoms with van der Waals surface area (Å²) >= 11 is 5.82. The monoisotopic (exact) mass is 623 g/mol. The van der Waals surface area contributed by atoms with Gasteiger partial charge in [0.2, 0.25) is 0 Å². The van der Waals surface area contributed by atoms with Gasteiger partial charge in [-0.15, -0.1) is 5.10 Å². The second-order valence-corrected chi connectivity index (χ2v) is 12.7. The first-order valence-corrected chi connectivity index (χ1v) is 14.9. The third-order valence-corrected chi connectivity index (χ3v) is 8.44. The van der Waals surface area contributed by atoms with Gasteiger partial charge in [-0.1, -0.05) is 28.0 Å². The number of ether oxygens (including phenoxy) is 3. The Morgan fingerprint density at radius 2 is 1.98 bits per heavy atom. The molecule has 2 aromatic rings. The molecule has 1 aromatic carbocycles. The van der Waals surface area contributed by atoms with E-state index >= 15 is 0 Å². The molecule has 43 heavy (non-hydrogen) atoms. The van der Waals surface area contributed by atoms with Crippen LogP contribution in [0.3, 0.4) is 0 Å². The van der Waals surface area contributed by atoms with Crippen molar-refractivity contribution >= 4 is 23.4 Å². The molecule has 4 heterocycles. The van der Waals surface area contributed by atoms with Crippen molar-refractivity contribution < 1.29 is 38.4 Å². The molecule has 0 spiro atoms. The molecule has 3 aliphatic heterocycles. The second-order valence-electron chi connectivity index (χ2n) is 12.3. The van der Waals surface area contributed by atoms with Crippen molar-refractivity contribution in [3.05, 3.63) is 35.2 Å². The minimum absolute atomic E-state index is 0.00315. The first-order valence-electron chi connectivity index (χ1n) is 14.5. The van der Waals surface area contributed by atoms with Gasteiger partial charge in [0.1, 0.15) is 47.6 Å². The molecule has 5 rings (SSSR count). The van der Waals surface area contributed by atoms with Gasteiger partial charge in [0.15, 0.2) is 0 Å². The minimum Gasteiger partial charge on any atom is -0.444 e. The van der Waals surface area contributed by atoms with Crippen LogP contribution in [-0.2, 0) is 19.0 Å². The number of carbonyl (C=O) groups excluding carboxylic acids is 1. The van der Waals surface area contributed by atoms with Crippen LogP contribution >= 0.6 is 11.6 Å². The molecule has 0 radical (unpaired) electrons. The third-order valence-electron chi connectivity index (χ3n) is 8.14. The zero-order valence-electron chi connectivity index (χ0n) is 24.7. The summed E-state index contributed by atoms with van der Waals surface area (Å²) in [6, 6.07) is 3.58. The van der Waals surface area contributed by atoms with Gasteiger partial charge in [-0.25, -0.2) is 13.9 Å². The molecule has 6 atom stereocenters. The maximum Gasteiger partial charge on any atom is 0.410 e. The number of methoxy groups -OCH3 is 1. The van der Waals surface area contributed by atoms with Gasteiger partial charge in [0, 0.05) is 44.5 Å². The van der Waals surface area contributed by atoms with Crippen LogP contribution in [0.4, 0.5) is 9.18 Å². The first kappa shape index (κ1) is 31.6. The summed E-state index contributed by atoms with van der Waals surface area (Å²) < 4.78 is 33.0. The molecular weight excluding hydrogens is 585 g/mol. The minimum atomic E-state index is -1.16. The molecule has 1 unspecified atom stereocenters. The largest absolute Gasteiger partial charge is 0.444 e. The molecular formula is C29H39ClFN5O7. The van der Waals surface area contributed by atoms with Crippen LogP contribution in [0, 0.1) is 11.7 Å². The molecule has 14 heteroatoms. The average molecular weight is 624 g/mol. The fraction of sp³-hybridized carbons (Fsp3) is 0.655. The van der Waals surface area contributed by atoms with Gasteiger partial charge in [-0.05, 0) is 45.7 Å². The predicted molar refractivity (Wildman–Crippen MR) is 154 cm³/mol. The number of hydrogen-bond acceptors (Lipinski definition) is 10. The number of likely N-dealkylation sites (tertiary alicyclic amines) is 1. The van der Waals surface area contributed by atoms with Crippen molar-refractivity contribution in [2.45, 2.75) is 88.6 Å². The number of hydrogen-bond donors (Lipinski definition) is 2. The van der Waals surface area contributed by atoms with Crippen molar-refractivity contribution in [3.8, 4) is 11.3 Å². The summed E-state index contributed by atoms with van der Waals surface area (Å²) in [7, 11) is 1.52. The number of benzene rings is 1. The highest BCUT2D eigenvalue weighted by molar-refractivity contribution is 6.30. The quantitative estimate of drug-likeness (QED) is 0.473. The normalized spacial score (nSPS) is 28.5. The standard InChI is InChI=1S/C29H39ClFN5O7/c1-29(2,3)42-28(39)35-9-7-16(8-10-35)21-12-18(43-33-21)13-23-27(40-4)25(26(38)24(15-37)41-23)36-14-22(32-34-36)17-5-6-19(30)20(31)11-17/h5-6,11,14,16,18,23-27,37-38H,7-10,12-13,15H2,1-4H3/t18?,23-,24-,25+,26+,27+/m1/s1. The molecule has 1 aromatic heterocycles. The summed E-state index contributed by atoms with van der Waals surface area (Å²) in [5, 5.41) is 33.9. The van der Waals surface area contributed by atoms with Crippen molar-refractivity contribution in [2.24, 2.45) is 11.1 Å². The summed E-state index contributed by atoms with van der Waals surface area (Å²) in [6.07, 6.45) is 0.230. The number of aliphatic hydroxyl groups is 2. The van der Waals surface area contributed by atoms with Gasteiger partial charge >= 0.3 is 6.09 Å². The fourth-order valence-electron chi connectivity index (χ4n) is 5.96. The van der Waals surface area contributed by atoms with E-state index < -0.39 is 48.5 Å². The summed E-state index contributed by atoms with van der Waals surface area (Å²) in [4.78, 5) is 20.0. The van der Waals surface area contributed by atoms with Gasteiger partial charge in [0.05, 0.1) is 29.6 Å². The lowest BCUT2D eigenvalue weighted by atomic mass is 9.86. The van der Waals surface area contributed by atoms with E-state index in [1.807, 2.05) is 20.8 Å². The van der Waals surface area contributed by atoms with Crippen LogP contribution in [0.5, 0.6) is 0 Å². The fourth-order valence-corrected chi connectivity index (χ4v) is 6.08. The maximum atomic E-state index is 14.1. The van der Waals surface area contributed by atoms with E-state index in [-0.39, 0.29) is 23.1 Å². The van der Waals surface area contributed by atoms with E-state index in [9.17, 15) is 19.4 Å². The molecule has 0 aliphatic carbocycles. The number of aliphatic hydroxyl groups excluding tert-OH is 2. The highest BCUT2D eigenvalue weighted by Crippen LogP contribution is 2.36. The van der Waals surface area contributed by atoms with Crippen LogP contribution in [0.2, 0.25) is 5.02 Å². The lowest BCUT2D eigenvalue weighted by Crippen LogP contribution is -2.57. The zero-order valence-corrected chi connectivity index (χ0v) is 25.5. The molecule has 2 fully saturated rings. The van der Waals surface area contributed by atoms with Gasteiger partial charge < -0.3 is 34.2 Å². The van der Waals surface area contributed by atoms with E-state index in [4.69, 9.17) is 30.6 Å². The highest BCUT2D eigenvalue weighted by atomic mass is 35.5. The van der Waals surface area contributed by atoms with Crippen LogP contribution < -0.4 is 0 Å². The average Bonchev–Trinajstić information content (AvgIpc) is 3.64. The highest BCUT2D eigenvalue weighted by Gasteiger charge is 2.48. The van der Waals surface area contributed by atoms with Crippen molar-refractivity contribution in [3.63, 3.8) is 0 Å². The van der Waals surface area contributed by atoms with E-state index in [1.54, 1.807) is 17.2 Å². The van der Waals surface area contributed by atoms with Crippen LogP contribution in [0.1, 0.15) is 52.5 Å². The topological polar surface area (TPSA) is 141 Å². The lowest BCUT2D eigenvalue weighted by Gasteiger charge is -2.44. The van der Waals surface area contributed by atoms with Gasteiger partial charge in [0.25, 0.3) is 0 Å². The van der Waals surface area contributed by atoms with Crippen LogP contribution in [0.15, 0.2) is 29.6 Å². The number of halogens is 2. The zero-order chi connectivity index (χ0) is 30.9. The molecule has 2 saturated heterocycles. The van der Waals surface area contributed by atoms with E-state index in [0.717, 1.165) is 18.6 Å². The van der Waals surface area contributed by atoms with Gasteiger partial charge in [-0.2, -0.15) is 0 Å². The van der Waals surface area contributed by atoms with E-state index in [2.05, 4.69) is 15.5 Å². The maximum absolute atomic E-state index is 14.1. The Labute approximate surface area is 254 Å². The number of nitrogens with zero attached hydrogens (tertiary/aromatic N) is 5. The molecule has 12 nitrogen and oxygen atoms in total. The van der Waals surface area contributed by atoms with Crippen molar-refractivity contribution in [2.75, 3.05) is 26.8 Å². The Balaban J connectivity index is 1.23. The molecule has 236 valence electrons. The van der Waals surface area contributed by atoms with E-state index in [0.29, 0.717) is 37.2 Å². The first-order chi connectivity index (χ1) is 20.5. The van der Waals surface area contributed by atoms with E-state index in [1.165, 1.54) is 23.9 Å². The number of aromatic nitrogens is 3. The number of rotatable bonds is 7. The number of carbonyl (C=O) groups is 1. The summed E-state index contributed by atoms with van der Waals surface area (Å²) in [6.45, 7) is 6.31. The number of oxime groups is 1. The number of piperidine rings is 1. The summed E-state index contributed by atoms with van der Waals surface area (Å²) in [5.41, 5.74) is 1.27. The van der Waals surface area contributed by atoms with Gasteiger partial charge in [-0.3, -0.25) is 0 Å². The van der Waals surface area contributed by atoms with Crippen molar-refractivity contribution in [1.29, 1.82) is 0 Å². The third kappa shape index (κ3) is 7.12. The Hall–Kier alpha value is -2.84. The lowest BCUT2D eigenvalue weighted by molar-refractivity contribution is -0.219. The van der Waals surface area contributed by atoms with Crippen LogP contribution in [-0.4, -0.2) is 105 Å². The Morgan fingerprint density at radius 1 is 1.23 bits per heavy atom. The Bertz CT molecular complexity index is 1310. The van der Waals surface area contributed by atoms with Crippen LogP contribution in [0.25, 0.3) is 11.3 Å². The predicted octanol–water partition coefficient (Wildman–Crippen LogP) is 3.60. The second kappa shape index (κ2) is 13.0. The molecule has 0 saturated carbocycles. The summed E-state index contributed by atoms with van der Waals surface area (Å²) in [5.74, 6) is -0.387. The molecule has 0 bridgehead atoms. The Kier molecular flexibility index (Phi) is 9.57.